The molecular formula is C38H45N5O2. The molecule has 1 fully saturated rings. The lowest BCUT2D eigenvalue weighted by Crippen LogP contribution is -2.41. The molecule has 2 aromatic heterocycles. The van der Waals surface area contributed by atoms with Gasteiger partial charge in [0.2, 0.25) is 0 Å². The van der Waals surface area contributed by atoms with Gasteiger partial charge in [0.15, 0.2) is 0 Å². The molecule has 4 aromatic rings. The highest BCUT2D eigenvalue weighted by atomic mass is 16.2. The van der Waals surface area contributed by atoms with Crippen molar-refractivity contribution in [3.8, 4) is 23.0 Å². The number of fused-ring (bicyclic) bond motifs is 1. The predicted octanol–water partition coefficient (Wildman–Crippen LogP) is 7.98. The quantitative estimate of drug-likeness (QED) is 0.200. The SMILES string of the molecule is CC(C)CN(C(=O)Nc1c(C(C)C)cc(-c2cccc(C#CCN3CCCC3)c2)cc1C(C)C)c1cc2cccnc2[nH]c1=O. The highest BCUT2D eigenvalue weighted by Gasteiger charge is 2.25. The minimum Gasteiger partial charge on any atom is -0.307 e. The summed E-state index contributed by atoms with van der Waals surface area (Å²) in [6.07, 6.45) is 4.17. The van der Waals surface area contributed by atoms with Gasteiger partial charge in [0, 0.05) is 29.4 Å². The highest BCUT2D eigenvalue weighted by molar-refractivity contribution is 6.03. The molecule has 45 heavy (non-hydrogen) atoms. The summed E-state index contributed by atoms with van der Waals surface area (Å²) in [6, 6.07) is 17.9. The number of carbonyl (C=O) groups excluding carboxylic acids is 1. The molecule has 1 aliphatic heterocycles. The zero-order valence-electron chi connectivity index (χ0n) is 27.4. The largest absolute Gasteiger partial charge is 0.326 e. The Balaban J connectivity index is 1.50. The van der Waals surface area contributed by atoms with Crippen molar-refractivity contribution in [2.45, 2.75) is 66.2 Å². The van der Waals surface area contributed by atoms with Crippen LogP contribution in [0.15, 0.2) is 65.6 Å². The summed E-state index contributed by atoms with van der Waals surface area (Å²) in [7, 11) is 0. The molecule has 2 aromatic carbocycles. The Kier molecular flexibility index (Phi) is 10.0. The Morgan fingerprint density at radius 1 is 0.956 bits per heavy atom. The van der Waals surface area contributed by atoms with E-state index in [4.69, 9.17) is 0 Å². The Labute approximate surface area is 267 Å². The number of pyridine rings is 2. The fourth-order valence-corrected chi connectivity index (χ4v) is 5.93. The van der Waals surface area contributed by atoms with Crippen molar-refractivity contribution in [1.82, 2.24) is 14.9 Å². The maximum absolute atomic E-state index is 14.1. The molecule has 7 heteroatoms. The van der Waals surface area contributed by atoms with Crippen molar-refractivity contribution in [2.75, 3.05) is 36.4 Å². The zero-order valence-corrected chi connectivity index (χ0v) is 27.4. The van der Waals surface area contributed by atoms with Gasteiger partial charge in [0.05, 0.1) is 6.54 Å². The average Bonchev–Trinajstić information content (AvgIpc) is 3.53. The standard InChI is InChI=1S/C38H45N5O2/c1-25(2)24-43(34-23-30-15-10-16-39-36(30)41-37(34)44)38(45)40-35-32(26(3)4)21-31(22-33(35)27(5)6)29-14-9-12-28(20-29)13-11-19-42-17-7-8-18-42/h9-10,12,14-16,20-23,25-27H,7-8,17-19,24H2,1-6H3,(H,40,45)(H,39,41,44). The first-order valence-electron chi connectivity index (χ1n) is 16.2. The van der Waals surface area contributed by atoms with Gasteiger partial charge in [-0.2, -0.15) is 0 Å². The van der Waals surface area contributed by atoms with Gasteiger partial charge in [0.25, 0.3) is 5.56 Å². The van der Waals surface area contributed by atoms with Gasteiger partial charge in [-0.25, -0.2) is 9.78 Å². The number of aromatic amines is 1. The zero-order chi connectivity index (χ0) is 32.1. The lowest BCUT2D eigenvalue weighted by molar-refractivity contribution is 0.256. The molecule has 0 radical (unpaired) electrons. The van der Waals surface area contributed by atoms with Crippen LogP contribution in [0.25, 0.3) is 22.2 Å². The molecule has 1 aliphatic rings. The average molecular weight is 604 g/mol. The molecule has 0 aliphatic carbocycles. The summed E-state index contributed by atoms with van der Waals surface area (Å²) >= 11 is 0. The number of nitrogens with zero attached hydrogens (tertiary/aromatic N) is 3. The second-order valence-electron chi connectivity index (χ2n) is 13.1. The van der Waals surface area contributed by atoms with E-state index < -0.39 is 0 Å². The number of carbonyl (C=O) groups is 1. The summed E-state index contributed by atoms with van der Waals surface area (Å²) in [6.45, 7) is 16.1. The van der Waals surface area contributed by atoms with Crippen molar-refractivity contribution in [3.63, 3.8) is 0 Å². The number of benzene rings is 2. The molecule has 0 spiro atoms. The van der Waals surface area contributed by atoms with Crippen LogP contribution in [-0.4, -0.2) is 47.1 Å². The van der Waals surface area contributed by atoms with E-state index in [0.29, 0.717) is 17.9 Å². The van der Waals surface area contributed by atoms with E-state index in [-0.39, 0.29) is 29.3 Å². The van der Waals surface area contributed by atoms with Gasteiger partial charge in [0.1, 0.15) is 11.3 Å². The van der Waals surface area contributed by atoms with E-state index in [0.717, 1.165) is 58.5 Å². The monoisotopic (exact) mass is 603 g/mol. The Morgan fingerprint density at radius 3 is 2.33 bits per heavy atom. The van der Waals surface area contributed by atoms with Crippen molar-refractivity contribution < 1.29 is 4.79 Å². The molecule has 1 saturated heterocycles. The van der Waals surface area contributed by atoms with Crippen LogP contribution in [0.3, 0.4) is 0 Å². The number of H-pyrrole nitrogens is 1. The number of urea groups is 1. The number of nitrogens with one attached hydrogen (secondary N) is 2. The van der Waals surface area contributed by atoms with E-state index >= 15 is 0 Å². The number of anilines is 2. The molecule has 7 nitrogen and oxygen atoms in total. The molecule has 0 bridgehead atoms. The maximum atomic E-state index is 14.1. The molecule has 0 unspecified atom stereocenters. The Hall–Kier alpha value is -4.41. The topological polar surface area (TPSA) is 81.3 Å². The van der Waals surface area contributed by atoms with E-state index in [1.165, 1.54) is 12.8 Å². The van der Waals surface area contributed by atoms with Crippen molar-refractivity contribution in [3.05, 3.63) is 87.8 Å². The van der Waals surface area contributed by atoms with E-state index in [9.17, 15) is 9.59 Å². The second kappa shape index (κ2) is 14.1. The lowest BCUT2D eigenvalue weighted by Gasteiger charge is -2.27. The third-order valence-corrected chi connectivity index (χ3v) is 8.28. The van der Waals surface area contributed by atoms with Crippen LogP contribution in [-0.2, 0) is 0 Å². The highest BCUT2D eigenvalue weighted by Crippen LogP contribution is 2.38. The minimum atomic E-state index is -0.344. The predicted molar refractivity (Wildman–Crippen MR) is 186 cm³/mol. The third kappa shape index (κ3) is 7.64. The van der Waals surface area contributed by atoms with Crippen LogP contribution < -0.4 is 15.8 Å². The van der Waals surface area contributed by atoms with Crippen LogP contribution >= 0.6 is 0 Å². The molecule has 0 atom stereocenters. The number of hydrogen-bond acceptors (Lipinski definition) is 4. The number of aromatic nitrogens is 2. The number of likely N-dealkylation sites (tertiary alicyclic amines) is 1. The van der Waals surface area contributed by atoms with Crippen LogP contribution in [0.5, 0.6) is 0 Å². The third-order valence-electron chi connectivity index (χ3n) is 8.28. The molecule has 2 N–H and O–H groups in total. The van der Waals surface area contributed by atoms with E-state index in [1.807, 2.05) is 26.0 Å². The van der Waals surface area contributed by atoms with Gasteiger partial charge in [-0.3, -0.25) is 14.6 Å². The molecular weight excluding hydrogens is 558 g/mol. The fourth-order valence-electron chi connectivity index (χ4n) is 5.93. The second-order valence-corrected chi connectivity index (χ2v) is 13.1. The first-order valence-corrected chi connectivity index (χ1v) is 16.2. The summed E-state index contributed by atoms with van der Waals surface area (Å²) in [4.78, 5) is 38.4. The van der Waals surface area contributed by atoms with Gasteiger partial charge >= 0.3 is 6.03 Å². The van der Waals surface area contributed by atoms with Crippen molar-refractivity contribution in [2.24, 2.45) is 5.92 Å². The molecule has 0 saturated carbocycles. The molecule has 2 amide bonds. The van der Waals surface area contributed by atoms with Gasteiger partial charge in [-0.05, 0) is 108 Å². The smallest absolute Gasteiger partial charge is 0.307 e. The summed E-state index contributed by atoms with van der Waals surface area (Å²) in [5.74, 6) is 7.16. The van der Waals surface area contributed by atoms with E-state index in [2.05, 4.69) is 96.1 Å². The van der Waals surface area contributed by atoms with Gasteiger partial charge in [-0.1, -0.05) is 65.5 Å². The molecule has 3 heterocycles. The molecule has 234 valence electrons. The first kappa shape index (κ1) is 32.0. The Morgan fingerprint density at radius 2 is 1.67 bits per heavy atom. The number of amides is 2. The number of rotatable bonds is 8. The van der Waals surface area contributed by atoms with E-state index in [1.54, 1.807) is 17.2 Å². The normalized spacial score (nSPS) is 13.4. The summed E-state index contributed by atoms with van der Waals surface area (Å²) < 4.78 is 0. The summed E-state index contributed by atoms with van der Waals surface area (Å²) in [5, 5.41) is 4.03. The van der Waals surface area contributed by atoms with Crippen molar-refractivity contribution >= 4 is 28.4 Å². The van der Waals surface area contributed by atoms with Crippen LogP contribution in [0.2, 0.25) is 0 Å². The first-order chi connectivity index (χ1) is 21.6. The number of hydrogen-bond donors (Lipinski definition) is 2. The molecule has 5 rings (SSSR count). The van der Waals surface area contributed by atoms with Crippen LogP contribution in [0.1, 0.15) is 82.9 Å². The fraction of sp³-hybridized carbons (Fsp3) is 0.395. The summed E-state index contributed by atoms with van der Waals surface area (Å²) in [5.41, 5.74) is 6.57. The Bertz CT molecular complexity index is 1760. The van der Waals surface area contributed by atoms with Crippen molar-refractivity contribution in [1.29, 1.82) is 0 Å². The lowest BCUT2D eigenvalue weighted by atomic mass is 9.88. The minimum absolute atomic E-state index is 0.141. The van der Waals surface area contributed by atoms with Crippen LogP contribution in [0.4, 0.5) is 16.2 Å². The van der Waals surface area contributed by atoms with Gasteiger partial charge < -0.3 is 10.3 Å². The van der Waals surface area contributed by atoms with Gasteiger partial charge in [-0.15, -0.1) is 0 Å². The maximum Gasteiger partial charge on any atom is 0.326 e. The van der Waals surface area contributed by atoms with Crippen LogP contribution in [0, 0.1) is 17.8 Å².